The van der Waals surface area contributed by atoms with Gasteiger partial charge in [0.1, 0.15) is 0 Å². The summed E-state index contributed by atoms with van der Waals surface area (Å²) in [5.41, 5.74) is 0.938. The first-order chi connectivity index (χ1) is 4.81. The average Bonchev–Trinajstić information content (AvgIpc) is 2.04. The highest BCUT2D eigenvalue weighted by Gasteiger charge is 1.71. The van der Waals surface area contributed by atoms with Gasteiger partial charge in [0.25, 0.3) is 0 Å². The molecule has 0 heterocycles. The van der Waals surface area contributed by atoms with Crippen LogP contribution in [0.3, 0.4) is 0 Å². The maximum atomic E-state index is 6.57. The monoisotopic (exact) mass is 140 g/mol. The smallest absolute Gasteiger partial charge is 0.0446 e. The lowest BCUT2D eigenvalue weighted by Crippen LogP contribution is -1.72. The lowest BCUT2D eigenvalue weighted by molar-refractivity contribution is 1.30. The number of rotatable bonds is 2. The molecule has 0 aliphatic carbocycles. The van der Waals surface area contributed by atoms with Crippen molar-refractivity contribution in [3.8, 4) is 0 Å². The molecule has 0 rings (SSSR count). The minimum atomic E-state index is 0.938. The second-order valence-electron chi connectivity index (χ2n) is 1.37. The van der Waals surface area contributed by atoms with Crippen LogP contribution in [0.5, 0.6) is 0 Å². The van der Waals surface area contributed by atoms with E-state index in [4.69, 9.17) is 5.41 Å². The van der Waals surface area contributed by atoms with Gasteiger partial charge in [0.15, 0.2) is 0 Å². The van der Waals surface area contributed by atoms with Gasteiger partial charge < -0.3 is 5.41 Å². The zero-order chi connectivity index (χ0) is 8.41. The van der Waals surface area contributed by atoms with Crippen molar-refractivity contribution >= 4 is 12.4 Å². The molecule has 0 aromatic carbocycles. The zero-order valence-corrected chi connectivity index (χ0v) is 7.18. The third-order valence-electron chi connectivity index (χ3n) is 0.770. The van der Waals surface area contributed by atoms with Gasteiger partial charge in [-0.2, -0.15) is 0 Å². The van der Waals surface area contributed by atoms with Crippen LogP contribution in [0.15, 0.2) is 16.8 Å². The van der Waals surface area contributed by atoms with Crippen LogP contribution in [0, 0.1) is 5.41 Å². The summed E-state index contributed by atoms with van der Waals surface area (Å²) in [4.78, 5) is 3.85. The number of nitrogens with one attached hydrogen (secondary N) is 1. The van der Waals surface area contributed by atoms with Gasteiger partial charge in [-0.1, -0.05) is 19.9 Å². The SMILES string of the molecule is C/C=C(/C)N=CC=N.CC. The maximum Gasteiger partial charge on any atom is 0.0446 e. The molecule has 0 unspecified atom stereocenters. The van der Waals surface area contributed by atoms with E-state index in [0.29, 0.717) is 0 Å². The van der Waals surface area contributed by atoms with Gasteiger partial charge in [0.05, 0.1) is 0 Å². The topological polar surface area (TPSA) is 36.2 Å². The Kier molecular flexibility index (Phi) is 13.0. The first-order valence-electron chi connectivity index (χ1n) is 3.47. The second-order valence-corrected chi connectivity index (χ2v) is 1.37. The molecule has 2 heteroatoms. The fourth-order valence-corrected chi connectivity index (χ4v) is 0.229. The Bertz CT molecular complexity index is 123. The van der Waals surface area contributed by atoms with E-state index in [2.05, 4.69) is 4.99 Å². The molecule has 0 aliphatic rings. The van der Waals surface area contributed by atoms with Crippen LogP contribution < -0.4 is 0 Å². The predicted molar refractivity (Wildman–Crippen MR) is 48.1 cm³/mol. The van der Waals surface area contributed by atoms with Crippen molar-refractivity contribution in [2.45, 2.75) is 27.7 Å². The van der Waals surface area contributed by atoms with E-state index in [0.717, 1.165) is 11.9 Å². The molecule has 0 aliphatic heterocycles. The molecule has 1 N–H and O–H groups in total. The summed E-state index contributed by atoms with van der Waals surface area (Å²) >= 11 is 0. The first-order valence-corrected chi connectivity index (χ1v) is 3.47. The molecule has 0 spiro atoms. The van der Waals surface area contributed by atoms with E-state index in [1.54, 1.807) is 0 Å². The molecule has 58 valence electrons. The van der Waals surface area contributed by atoms with Gasteiger partial charge in [0.2, 0.25) is 0 Å². The largest absolute Gasteiger partial charge is 0.307 e. The van der Waals surface area contributed by atoms with Crippen LogP contribution in [0.4, 0.5) is 0 Å². The standard InChI is InChI=1S/C6H10N2.C2H6/c1-3-6(2)8-5-4-7;1-2/h3-5,7H,1-2H3;1-2H3/b6-3-,7-4?,8-5?;. The van der Waals surface area contributed by atoms with Crippen molar-refractivity contribution in [2.75, 3.05) is 0 Å². The molecular formula is C8H16N2. The molecule has 0 bridgehead atoms. The molecule has 10 heavy (non-hydrogen) atoms. The van der Waals surface area contributed by atoms with Crippen molar-refractivity contribution < 1.29 is 0 Å². The number of nitrogens with zero attached hydrogens (tertiary/aromatic N) is 1. The predicted octanol–water partition coefficient (Wildman–Crippen LogP) is 2.66. The summed E-state index contributed by atoms with van der Waals surface area (Å²) in [7, 11) is 0. The van der Waals surface area contributed by atoms with Gasteiger partial charge in [-0.05, 0) is 13.8 Å². The van der Waals surface area contributed by atoms with Crippen molar-refractivity contribution in [3.63, 3.8) is 0 Å². The zero-order valence-electron chi connectivity index (χ0n) is 7.18. The summed E-state index contributed by atoms with van der Waals surface area (Å²) in [5.74, 6) is 0. The van der Waals surface area contributed by atoms with Crippen molar-refractivity contribution in [2.24, 2.45) is 4.99 Å². The van der Waals surface area contributed by atoms with Crippen molar-refractivity contribution in [3.05, 3.63) is 11.8 Å². The summed E-state index contributed by atoms with van der Waals surface area (Å²) in [6.07, 6.45) is 4.50. The normalized spacial score (nSPS) is 10.6. The Morgan fingerprint density at radius 1 is 1.40 bits per heavy atom. The Labute approximate surface area is 63.2 Å². The molecule has 0 saturated heterocycles. The molecule has 0 aromatic rings. The summed E-state index contributed by atoms with van der Waals surface area (Å²) in [6.45, 7) is 7.80. The van der Waals surface area contributed by atoms with Crippen molar-refractivity contribution in [1.82, 2.24) is 0 Å². The van der Waals surface area contributed by atoms with E-state index in [1.165, 1.54) is 6.21 Å². The molecule has 2 nitrogen and oxygen atoms in total. The number of hydrogen-bond acceptors (Lipinski definition) is 2. The summed E-state index contributed by atoms with van der Waals surface area (Å²) in [6, 6.07) is 0. The van der Waals surface area contributed by atoms with Gasteiger partial charge in [0, 0.05) is 18.1 Å². The molecule has 0 atom stereocenters. The maximum absolute atomic E-state index is 6.57. The Balaban J connectivity index is 0. The molecule has 0 radical (unpaired) electrons. The third-order valence-corrected chi connectivity index (χ3v) is 0.770. The fourth-order valence-electron chi connectivity index (χ4n) is 0.229. The minimum absolute atomic E-state index is 0.938. The Morgan fingerprint density at radius 2 is 1.90 bits per heavy atom. The molecule has 0 amide bonds. The molecule has 0 fully saturated rings. The van der Waals surface area contributed by atoms with E-state index in [-0.39, 0.29) is 0 Å². The van der Waals surface area contributed by atoms with Gasteiger partial charge in [-0.25, -0.2) is 0 Å². The molecule has 0 aromatic heterocycles. The van der Waals surface area contributed by atoms with Crippen LogP contribution in [0.2, 0.25) is 0 Å². The highest BCUT2D eigenvalue weighted by atomic mass is 14.7. The van der Waals surface area contributed by atoms with Crippen LogP contribution in [-0.2, 0) is 0 Å². The number of aliphatic imine (C=N–C) groups is 1. The second kappa shape index (κ2) is 11.0. The van der Waals surface area contributed by atoms with Gasteiger partial charge in [-0.15, -0.1) is 0 Å². The van der Waals surface area contributed by atoms with Crippen LogP contribution >= 0.6 is 0 Å². The number of hydrogen-bond donors (Lipinski definition) is 1. The quantitative estimate of drug-likeness (QED) is 0.572. The van der Waals surface area contributed by atoms with Crippen LogP contribution in [0.1, 0.15) is 27.7 Å². The third kappa shape index (κ3) is 10.1. The average molecular weight is 140 g/mol. The van der Waals surface area contributed by atoms with E-state index < -0.39 is 0 Å². The van der Waals surface area contributed by atoms with Gasteiger partial charge in [-0.3, -0.25) is 4.99 Å². The van der Waals surface area contributed by atoms with Gasteiger partial charge >= 0.3 is 0 Å². The van der Waals surface area contributed by atoms with E-state index in [1.807, 2.05) is 33.8 Å². The Hall–Kier alpha value is -0.920. The van der Waals surface area contributed by atoms with Crippen LogP contribution in [0.25, 0.3) is 0 Å². The fraction of sp³-hybridized carbons (Fsp3) is 0.500. The lowest BCUT2D eigenvalue weighted by atomic mass is 10.5. The highest BCUT2D eigenvalue weighted by Crippen LogP contribution is 1.89. The van der Waals surface area contributed by atoms with E-state index >= 15 is 0 Å². The summed E-state index contributed by atoms with van der Waals surface area (Å²) < 4.78 is 0. The molecule has 0 saturated carbocycles. The molecular weight excluding hydrogens is 124 g/mol. The Morgan fingerprint density at radius 3 is 2.20 bits per heavy atom. The summed E-state index contributed by atoms with van der Waals surface area (Å²) in [5, 5.41) is 6.57. The minimum Gasteiger partial charge on any atom is -0.307 e. The number of allylic oxidation sites excluding steroid dienone is 2. The highest BCUT2D eigenvalue weighted by molar-refractivity contribution is 6.14. The lowest BCUT2D eigenvalue weighted by Gasteiger charge is -1.82. The van der Waals surface area contributed by atoms with E-state index in [9.17, 15) is 0 Å². The first kappa shape index (κ1) is 11.8. The van der Waals surface area contributed by atoms with Crippen LogP contribution in [-0.4, -0.2) is 12.4 Å². The van der Waals surface area contributed by atoms with Crippen molar-refractivity contribution in [1.29, 1.82) is 5.41 Å².